The zero-order valence-corrected chi connectivity index (χ0v) is 18.1. The molecule has 0 unspecified atom stereocenters. The van der Waals surface area contributed by atoms with Crippen molar-refractivity contribution in [3.8, 4) is 22.4 Å². The van der Waals surface area contributed by atoms with Gasteiger partial charge < -0.3 is 5.11 Å². The van der Waals surface area contributed by atoms with Crippen LogP contribution in [0.1, 0.15) is 33.9 Å². The van der Waals surface area contributed by atoms with E-state index < -0.39 is 17.4 Å². The Balaban J connectivity index is 2.10. The van der Waals surface area contributed by atoms with E-state index >= 15 is 0 Å². The molecular formula is C25H23N3O3. The van der Waals surface area contributed by atoms with Crippen molar-refractivity contribution >= 4 is 11.0 Å². The molecule has 1 atom stereocenters. The lowest BCUT2D eigenvalue weighted by atomic mass is 9.89. The number of benzene rings is 2. The Morgan fingerprint density at radius 3 is 2.42 bits per heavy atom. The molecule has 0 radical (unpaired) electrons. The molecule has 1 aliphatic rings. The predicted molar refractivity (Wildman–Crippen MR) is 121 cm³/mol. The van der Waals surface area contributed by atoms with Crippen LogP contribution in [0.2, 0.25) is 0 Å². The van der Waals surface area contributed by atoms with E-state index in [0.717, 1.165) is 37.9 Å². The Morgan fingerprint density at radius 1 is 0.968 bits per heavy atom. The molecule has 0 amide bonds. The Kier molecular flexibility index (Phi) is 4.07. The molecule has 1 N–H and O–H groups in total. The van der Waals surface area contributed by atoms with Crippen LogP contribution in [-0.4, -0.2) is 19.2 Å². The normalized spacial score (nSPS) is 14.7. The maximum Gasteiger partial charge on any atom is 0.332 e. The van der Waals surface area contributed by atoms with Crippen LogP contribution < -0.4 is 11.2 Å². The summed E-state index contributed by atoms with van der Waals surface area (Å²) >= 11 is 0. The molecule has 0 saturated carbocycles. The highest BCUT2D eigenvalue weighted by Crippen LogP contribution is 2.49. The highest BCUT2D eigenvalue weighted by molar-refractivity contribution is 6.00. The SMILES string of the molecule is Cc1cc(C)c(C)c(-c2c3c(nc4c2c(=O)n(C)c(=O)n4C)-c2ccccc2[C@@H]3O)c1. The first-order valence-corrected chi connectivity index (χ1v) is 10.2. The number of aromatic nitrogens is 3. The molecule has 31 heavy (non-hydrogen) atoms. The summed E-state index contributed by atoms with van der Waals surface area (Å²) in [5.41, 5.74) is 7.02. The summed E-state index contributed by atoms with van der Waals surface area (Å²) in [6.07, 6.45) is -0.903. The zero-order valence-electron chi connectivity index (χ0n) is 18.1. The smallest absolute Gasteiger partial charge is 0.332 e. The Hall–Kier alpha value is -3.51. The van der Waals surface area contributed by atoms with Gasteiger partial charge in [0.05, 0.1) is 11.1 Å². The standard InChI is InChI=1S/C25H23N3O3/c1-12-10-13(2)14(3)17(11-12)18-19-21(15-8-6-7-9-16(15)22(19)29)26-23-20(18)24(30)28(5)25(31)27(23)4/h6-11,22,29H,1-5H3/t22-/m0/s1. The molecule has 4 aromatic rings. The third-order valence-corrected chi connectivity index (χ3v) is 6.49. The summed E-state index contributed by atoms with van der Waals surface area (Å²) in [6, 6.07) is 11.7. The summed E-state index contributed by atoms with van der Waals surface area (Å²) in [4.78, 5) is 30.8. The second-order valence-electron chi connectivity index (χ2n) is 8.40. The van der Waals surface area contributed by atoms with E-state index in [1.165, 1.54) is 11.6 Å². The van der Waals surface area contributed by atoms with Crippen molar-refractivity contribution in [3.05, 3.63) is 85.1 Å². The lowest BCUT2D eigenvalue weighted by Crippen LogP contribution is -2.37. The average molecular weight is 413 g/mol. The molecule has 2 heterocycles. The fourth-order valence-electron chi connectivity index (χ4n) is 4.76. The molecule has 0 fully saturated rings. The second kappa shape index (κ2) is 6.49. The van der Waals surface area contributed by atoms with E-state index in [0.29, 0.717) is 27.9 Å². The topological polar surface area (TPSA) is 77.1 Å². The number of pyridine rings is 1. The highest BCUT2D eigenvalue weighted by atomic mass is 16.3. The molecule has 5 rings (SSSR count). The van der Waals surface area contributed by atoms with E-state index in [1.807, 2.05) is 51.1 Å². The van der Waals surface area contributed by atoms with E-state index in [4.69, 9.17) is 4.98 Å². The van der Waals surface area contributed by atoms with E-state index in [9.17, 15) is 14.7 Å². The van der Waals surface area contributed by atoms with Crippen LogP contribution in [0, 0.1) is 20.8 Å². The summed E-state index contributed by atoms with van der Waals surface area (Å²) in [6.45, 7) is 6.07. The van der Waals surface area contributed by atoms with Gasteiger partial charge in [-0.05, 0) is 43.0 Å². The van der Waals surface area contributed by atoms with Crippen LogP contribution >= 0.6 is 0 Å². The first-order chi connectivity index (χ1) is 14.7. The molecule has 0 saturated heterocycles. The van der Waals surface area contributed by atoms with Crippen LogP contribution in [0.4, 0.5) is 0 Å². The number of aryl methyl sites for hydroxylation is 3. The van der Waals surface area contributed by atoms with Gasteiger partial charge in [0.25, 0.3) is 5.56 Å². The zero-order chi connectivity index (χ0) is 22.2. The van der Waals surface area contributed by atoms with Gasteiger partial charge in [0.1, 0.15) is 6.10 Å². The van der Waals surface area contributed by atoms with Gasteiger partial charge in [0.2, 0.25) is 0 Å². The van der Waals surface area contributed by atoms with Gasteiger partial charge >= 0.3 is 5.69 Å². The van der Waals surface area contributed by atoms with Crippen molar-refractivity contribution in [2.75, 3.05) is 0 Å². The van der Waals surface area contributed by atoms with Crippen molar-refractivity contribution in [1.29, 1.82) is 0 Å². The summed E-state index contributed by atoms with van der Waals surface area (Å²) in [5.74, 6) is 0. The van der Waals surface area contributed by atoms with Crippen LogP contribution in [0.15, 0.2) is 46.0 Å². The minimum absolute atomic E-state index is 0.323. The molecule has 6 heteroatoms. The predicted octanol–water partition coefficient (Wildman–Crippen LogP) is 3.29. The first kappa shape index (κ1) is 19.5. The summed E-state index contributed by atoms with van der Waals surface area (Å²) in [7, 11) is 3.10. The van der Waals surface area contributed by atoms with E-state index in [1.54, 1.807) is 7.05 Å². The number of hydrogen-bond donors (Lipinski definition) is 1. The molecule has 6 nitrogen and oxygen atoms in total. The molecule has 0 bridgehead atoms. The van der Waals surface area contributed by atoms with Crippen LogP contribution in [0.5, 0.6) is 0 Å². The fraction of sp³-hybridized carbons (Fsp3) is 0.240. The van der Waals surface area contributed by atoms with Crippen molar-refractivity contribution in [3.63, 3.8) is 0 Å². The number of fused-ring (bicyclic) bond motifs is 4. The average Bonchev–Trinajstić information content (AvgIpc) is 3.04. The third-order valence-electron chi connectivity index (χ3n) is 6.49. The van der Waals surface area contributed by atoms with Gasteiger partial charge in [-0.1, -0.05) is 42.0 Å². The number of aliphatic hydroxyl groups is 1. The van der Waals surface area contributed by atoms with Crippen LogP contribution in [0.3, 0.4) is 0 Å². The molecule has 156 valence electrons. The van der Waals surface area contributed by atoms with Gasteiger partial charge in [-0.25, -0.2) is 9.78 Å². The minimum atomic E-state index is -0.903. The molecular weight excluding hydrogens is 390 g/mol. The largest absolute Gasteiger partial charge is 0.384 e. The van der Waals surface area contributed by atoms with Gasteiger partial charge in [-0.15, -0.1) is 0 Å². The third kappa shape index (κ3) is 2.51. The number of hydrogen-bond acceptors (Lipinski definition) is 4. The lowest BCUT2D eigenvalue weighted by molar-refractivity contribution is 0.225. The molecule has 0 spiro atoms. The van der Waals surface area contributed by atoms with Gasteiger partial charge in [0.15, 0.2) is 5.65 Å². The van der Waals surface area contributed by atoms with Crippen LogP contribution in [-0.2, 0) is 14.1 Å². The van der Waals surface area contributed by atoms with E-state index in [-0.39, 0.29) is 0 Å². The Bertz CT molecular complexity index is 1540. The number of nitrogens with zero attached hydrogens (tertiary/aromatic N) is 3. The second-order valence-corrected chi connectivity index (χ2v) is 8.40. The minimum Gasteiger partial charge on any atom is -0.384 e. The monoisotopic (exact) mass is 413 g/mol. The molecule has 2 aromatic heterocycles. The maximum absolute atomic E-state index is 13.4. The molecule has 1 aliphatic carbocycles. The number of aliphatic hydroxyl groups excluding tert-OH is 1. The highest BCUT2D eigenvalue weighted by Gasteiger charge is 2.34. The molecule has 2 aromatic carbocycles. The van der Waals surface area contributed by atoms with Gasteiger partial charge in [0, 0.05) is 30.8 Å². The molecule has 0 aliphatic heterocycles. The Morgan fingerprint density at radius 2 is 1.68 bits per heavy atom. The number of rotatable bonds is 1. The van der Waals surface area contributed by atoms with Crippen molar-refractivity contribution < 1.29 is 5.11 Å². The summed E-state index contributed by atoms with van der Waals surface area (Å²) in [5, 5.41) is 11.7. The van der Waals surface area contributed by atoms with E-state index in [2.05, 4.69) is 6.07 Å². The van der Waals surface area contributed by atoms with Gasteiger partial charge in [-0.2, -0.15) is 0 Å². The van der Waals surface area contributed by atoms with Crippen molar-refractivity contribution in [2.45, 2.75) is 26.9 Å². The fourth-order valence-corrected chi connectivity index (χ4v) is 4.76. The van der Waals surface area contributed by atoms with Crippen LogP contribution in [0.25, 0.3) is 33.4 Å². The maximum atomic E-state index is 13.4. The Labute approximate surface area is 179 Å². The lowest BCUT2D eigenvalue weighted by Gasteiger charge is -2.19. The van der Waals surface area contributed by atoms with Crippen molar-refractivity contribution in [2.24, 2.45) is 14.1 Å². The first-order valence-electron chi connectivity index (χ1n) is 10.2. The quantitative estimate of drug-likeness (QED) is 0.520. The van der Waals surface area contributed by atoms with Gasteiger partial charge in [-0.3, -0.25) is 13.9 Å². The van der Waals surface area contributed by atoms with Crippen molar-refractivity contribution in [1.82, 2.24) is 14.1 Å². The summed E-state index contributed by atoms with van der Waals surface area (Å²) < 4.78 is 2.51.